The second-order valence-corrected chi connectivity index (χ2v) is 4.64. The molecule has 0 aromatic heterocycles. The molecule has 0 N–H and O–H groups in total. The van der Waals surface area contributed by atoms with E-state index < -0.39 is 0 Å². The van der Waals surface area contributed by atoms with Crippen LogP contribution in [0.4, 0.5) is 0 Å². The van der Waals surface area contributed by atoms with E-state index in [1.54, 1.807) is 0 Å². The van der Waals surface area contributed by atoms with Crippen molar-refractivity contribution < 1.29 is 14.3 Å². The van der Waals surface area contributed by atoms with Gasteiger partial charge >= 0.3 is 0 Å². The third-order valence-electron chi connectivity index (χ3n) is 3.31. The average molecular weight is 263 g/mol. The molecule has 1 saturated heterocycles. The molecular formula is C15H21NO3. The molecule has 0 radical (unpaired) electrons. The molecule has 1 aliphatic rings. The molecule has 1 amide bonds. The SMILES string of the molecule is CCOCC(=O)N1CCCC1COc1ccccc1. The van der Waals surface area contributed by atoms with E-state index in [1.807, 2.05) is 42.2 Å². The van der Waals surface area contributed by atoms with Gasteiger partial charge in [0.1, 0.15) is 19.0 Å². The van der Waals surface area contributed by atoms with Crippen molar-refractivity contribution in [2.75, 3.05) is 26.4 Å². The second-order valence-electron chi connectivity index (χ2n) is 4.64. The van der Waals surface area contributed by atoms with Gasteiger partial charge in [0.05, 0.1) is 6.04 Å². The average Bonchev–Trinajstić information content (AvgIpc) is 2.92. The van der Waals surface area contributed by atoms with Crippen LogP contribution in [0.15, 0.2) is 30.3 Å². The van der Waals surface area contributed by atoms with E-state index in [0.29, 0.717) is 13.2 Å². The number of benzene rings is 1. The normalized spacial score (nSPS) is 18.6. The number of para-hydroxylation sites is 1. The third kappa shape index (κ3) is 3.96. The second kappa shape index (κ2) is 7.14. The van der Waals surface area contributed by atoms with Crippen molar-refractivity contribution in [2.45, 2.75) is 25.8 Å². The van der Waals surface area contributed by atoms with Gasteiger partial charge < -0.3 is 14.4 Å². The lowest BCUT2D eigenvalue weighted by Gasteiger charge is -2.24. The Morgan fingerprint density at radius 3 is 2.89 bits per heavy atom. The quantitative estimate of drug-likeness (QED) is 0.789. The molecule has 1 unspecified atom stereocenters. The predicted molar refractivity (Wildman–Crippen MR) is 73.2 cm³/mol. The molecule has 1 atom stereocenters. The zero-order valence-corrected chi connectivity index (χ0v) is 11.4. The molecule has 1 aliphatic heterocycles. The fourth-order valence-corrected chi connectivity index (χ4v) is 2.32. The van der Waals surface area contributed by atoms with Gasteiger partial charge in [-0.15, -0.1) is 0 Å². The lowest BCUT2D eigenvalue weighted by Crippen LogP contribution is -2.41. The summed E-state index contributed by atoms with van der Waals surface area (Å²) >= 11 is 0. The zero-order chi connectivity index (χ0) is 13.5. The Kier molecular flexibility index (Phi) is 5.21. The van der Waals surface area contributed by atoms with Crippen LogP contribution in [0.5, 0.6) is 5.75 Å². The van der Waals surface area contributed by atoms with Gasteiger partial charge in [0.25, 0.3) is 0 Å². The van der Waals surface area contributed by atoms with Crippen molar-refractivity contribution in [2.24, 2.45) is 0 Å². The highest BCUT2D eigenvalue weighted by molar-refractivity contribution is 5.78. The van der Waals surface area contributed by atoms with E-state index in [0.717, 1.165) is 25.1 Å². The van der Waals surface area contributed by atoms with Crippen molar-refractivity contribution in [3.63, 3.8) is 0 Å². The van der Waals surface area contributed by atoms with Crippen LogP contribution in [0.2, 0.25) is 0 Å². The number of carbonyl (C=O) groups excluding carboxylic acids is 1. The maximum absolute atomic E-state index is 12.0. The Balaban J connectivity index is 1.83. The maximum atomic E-state index is 12.0. The number of nitrogens with zero attached hydrogens (tertiary/aromatic N) is 1. The molecule has 1 aromatic carbocycles. The highest BCUT2D eigenvalue weighted by atomic mass is 16.5. The molecule has 1 aromatic rings. The van der Waals surface area contributed by atoms with Gasteiger partial charge in [0.2, 0.25) is 5.91 Å². The standard InChI is InChI=1S/C15H21NO3/c1-2-18-12-15(17)16-10-6-7-13(16)11-19-14-8-4-3-5-9-14/h3-5,8-9,13H,2,6-7,10-12H2,1H3. The summed E-state index contributed by atoms with van der Waals surface area (Å²) in [6.45, 7) is 4.02. The number of ether oxygens (including phenoxy) is 2. The Bertz CT molecular complexity index is 394. The Morgan fingerprint density at radius 2 is 2.16 bits per heavy atom. The van der Waals surface area contributed by atoms with Crippen molar-refractivity contribution in [3.8, 4) is 5.75 Å². The lowest BCUT2D eigenvalue weighted by molar-refractivity contribution is -0.137. The first-order valence-electron chi connectivity index (χ1n) is 6.86. The smallest absolute Gasteiger partial charge is 0.248 e. The first-order valence-corrected chi connectivity index (χ1v) is 6.86. The van der Waals surface area contributed by atoms with Gasteiger partial charge in [0, 0.05) is 13.2 Å². The molecule has 4 heteroatoms. The number of hydrogen-bond donors (Lipinski definition) is 0. The van der Waals surface area contributed by atoms with Crippen LogP contribution in [-0.4, -0.2) is 43.2 Å². The molecule has 0 spiro atoms. The number of hydrogen-bond acceptors (Lipinski definition) is 3. The molecule has 104 valence electrons. The van der Waals surface area contributed by atoms with E-state index in [2.05, 4.69) is 0 Å². The highest BCUT2D eigenvalue weighted by Crippen LogP contribution is 2.19. The number of carbonyl (C=O) groups is 1. The first kappa shape index (κ1) is 13.9. The fourth-order valence-electron chi connectivity index (χ4n) is 2.32. The highest BCUT2D eigenvalue weighted by Gasteiger charge is 2.28. The minimum atomic E-state index is 0.0704. The van der Waals surface area contributed by atoms with E-state index in [-0.39, 0.29) is 18.6 Å². The molecule has 1 heterocycles. The van der Waals surface area contributed by atoms with E-state index in [1.165, 1.54) is 0 Å². The van der Waals surface area contributed by atoms with Crippen LogP contribution < -0.4 is 4.74 Å². The van der Waals surface area contributed by atoms with Crippen LogP contribution in [0.25, 0.3) is 0 Å². The van der Waals surface area contributed by atoms with Crippen LogP contribution in [-0.2, 0) is 9.53 Å². The largest absolute Gasteiger partial charge is 0.491 e. The fraction of sp³-hybridized carbons (Fsp3) is 0.533. The van der Waals surface area contributed by atoms with Crippen LogP contribution in [0.1, 0.15) is 19.8 Å². The van der Waals surface area contributed by atoms with Crippen LogP contribution in [0, 0.1) is 0 Å². The summed E-state index contributed by atoms with van der Waals surface area (Å²) in [6, 6.07) is 9.89. The van der Waals surface area contributed by atoms with Gasteiger partial charge in [-0.05, 0) is 31.9 Å². The van der Waals surface area contributed by atoms with Gasteiger partial charge in [-0.2, -0.15) is 0 Å². The van der Waals surface area contributed by atoms with E-state index in [9.17, 15) is 4.79 Å². The monoisotopic (exact) mass is 263 g/mol. The molecule has 4 nitrogen and oxygen atoms in total. The molecule has 0 bridgehead atoms. The number of rotatable bonds is 6. The number of amides is 1. The summed E-state index contributed by atoms with van der Waals surface area (Å²) in [5.74, 6) is 0.924. The molecule has 1 fully saturated rings. The molecule has 19 heavy (non-hydrogen) atoms. The van der Waals surface area contributed by atoms with E-state index in [4.69, 9.17) is 9.47 Å². The summed E-state index contributed by atoms with van der Waals surface area (Å²) in [6.07, 6.45) is 2.05. The molecule has 2 rings (SSSR count). The minimum Gasteiger partial charge on any atom is -0.491 e. The third-order valence-corrected chi connectivity index (χ3v) is 3.31. The van der Waals surface area contributed by atoms with Crippen molar-refractivity contribution in [1.82, 2.24) is 4.90 Å². The van der Waals surface area contributed by atoms with Crippen molar-refractivity contribution >= 4 is 5.91 Å². The predicted octanol–water partition coefficient (Wildman–Crippen LogP) is 2.09. The van der Waals surface area contributed by atoms with Gasteiger partial charge in [-0.25, -0.2) is 0 Å². The number of likely N-dealkylation sites (tertiary alicyclic amines) is 1. The Labute approximate surface area is 114 Å². The van der Waals surface area contributed by atoms with Crippen molar-refractivity contribution in [1.29, 1.82) is 0 Å². The van der Waals surface area contributed by atoms with Gasteiger partial charge in [0.15, 0.2) is 0 Å². The summed E-state index contributed by atoms with van der Waals surface area (Å²) < 4.78 is 10.9. The lowest BCUT2D eigenvalue weighted by atomic mass is 10.2. The van der Waals surface area contributed by atoms with Gasteiger partial charge in [-0.3, -0.25) is 4.79 Å². The summed E-state index contributed by atoms with van der Waals surface area (Å²) in [7, 11) is 0. The summed E-state index contributed by atoms with van der Waals surface area (Å²) in [5.41, 5.74) is 0. The minimum absolute atomic E-state index is 0.0704. The first-order chi connectivity index (χ1) is 9.31. The molecule has 0 aliphatic carbocycles. The summed E-state index contributed by atoms with van der Waals surface area (Å²) in [5, 5.41) is 0. The molecular weight excluding hydrogens is 242 g/mol. The Hall–Kier alpha value is -1.55. The van der Waals surface area contributed by atoms with Crippen LogP contribution in [0.3, 0.4) is 0 Å². The maximum Gasteiger partial charge on any atom is 0.248 e. The topological polar surface area (TPSA) is 38.8 Å². The van der Waals surface area contributed by atoms with Gasteiger partial charge in [-0.1, -0.05) is 18.2 Å². The molecule has 0 saturated carbocycles. The van der Waals surface area contributed by atoms with Crippen LogP contribution >= 0.6 is 0 Å². The van der Waals surface area contributed by atoms with Crippen molar-refractivity contribution in [3.05, 3.63) is 30.3 Å². The van der Waals surface area contributed by atoms with E-state index >= 15 is 0 Å². The Morgan fingerprint density at radius 1 is 1.37 bits per heavy atom. The zero-order valence-electron chi connectivity index (χ0n) is 11.4. The summed E-state index contributed by atoms with van der Waals surface area (Å²) in [4.78, 5) is 13.9.